The first-order chi connectivity index (χ1) is 23.4. The molecule has 5 heteroatoms. The van der Waals surface area contributed by atoms with Gasteiger partial charge in [0.05, 0.1) is 12.8 Å². The first-order valence-corrected chi connectivity index (χ1v) is 20.7. The molecule has 0 amide bonds. The van der Waals surface area contributed by atoms with Crippen molar-refractivity contribution in [1.29, 1.82) is 0 Å². The molecule has 4 nitrogen and oxygen atoms in total. The first-order valence-electron chi connectivity index (χ1n) is 20.7. The van der Waals surface area contributed by atoms with Gasteiger partial charge < -0.3 is 0 Å². The molecule has 0 aliphatic heterocycles. The topological polar surface area (TPSA) is 73.9 Å². The van der Waals surface area contributed by atoms with E-state index in [-0.39, 0.29) is 36.7 Å². The van der Waals surface area contributed by atoms with Gasteiger partial charge >= 0.3 is 11.9 Å². The Hall–Kier alpha value is -0.781. The van der Waals surface area contributed by atoms with Crippen LogP contribution in [0.15, 0.2) is 24.3 Å². The van der Waals surface area contributed by atoms with Crippen molar-refractivity contribution in [1.82, 2.24) is 0 Å². The smallest absolute Gasteiger partial charge is 0.247 e. The quantitative estimate of drug-likeness (QED) is 0.0386. The zero-order valence-electron chi connectivity index (χ0n) is 33.5. The number of hydrogen-bond donors (Lipinski definition) is 0. The van der Waals surface area contributed by atoms with E-state index in [1.165, 1.54) is 141 Å². The van der Waals surface area contributed by atoms with Gasteiger partial charge in [0.15, 0.2) is 0 Å². The predicted molar refractivity (Wildman–Crippen MR) is 217 cm³/mol. The molecule has 0 aliphatic carbocycles. The zero-order chi connectivity index (χ0) is 36.6. The van der Waals surface area contributed by atoms with Gasteiger partial charge in [-0.15, -0.1) is 0 Å². The number of unbranched alkanes of at least 4 members (excludes halogenated alkanes) is 24. The van der Waals surface area contributed by atoms with Crippen LogP contribution in [0.2, 0.25) is 0 Å². The molecule has 0 saturated carbocycles. The Morgan fingerprint density at radius 1 is 0.367 bits per heavy atom. The molecule has 288 valence electrons. The van der Waals surface area contributed by atoms with Gasteiger partial charge in [0.25, 0.3) is 0 Å². The van der Waals surface area contributed by atoms with E-state index in [9.17, 15) is 19.8 Å². The molecular formula is C44H84O4Sn. The summed E-state index contributed by atoms with van der Waals surface area (Å²) in [5.41, 5.74) is 0. The van der Waals surface area contributed by atoms with Crippen molar-refractivity contribution in [3.63, 3.8) is 0 Å². The molecule has 8 radical (unpaired) electrons. The van der Waals surface area contributed by atoms with Crippen molar-refractivity contribution >= 4 is 35.8 Å². The van der Waals surface area contributed by atoms with Crippen LogP contribution in [0.1, 0.15) is 233 Å². The molecule has 0 bridgehead atoms. The molecular weight excluding hydrogens is 711 g/mol. The minimum atomic E-state index is -0.914. The monoisotopic (exact) mass is 797 g/mol. The van der Waals surface area contributed by atoms with Crippen LogP contribution in [0.3, 0.4) is 0 Å². The zero-order valence-corrected chi connectivity index (χ0v) is 36.3. The maximum Gasteiger partial charge on any atom is 0.355 e. The Balaban J connectivity index is -0.000000212. The average Bonchev–Trinajstić information content (AvgIpc) is 3.08. The van der Waals surface area contributed by atoms with E-state index in [1.807, 2.05) is 0 Å². The third-order valence-electron chi connectivity index (χ3n) is 7.99. The third-order valence-corrected chi connectivity index (χ3v) is 7.99. The summed E-state index contributed by atoms with van der Waals surface area (Å²) < 4.78 is 0. The first kappa shape index (κ1) is 57.6. The van der Waals surface area contributed by atoms with Crippen LogP contribution in [0.4, 0.5) is 0 Å². The third kappa shape index (κ3) is 77.8. The van der Waals surface area contributed by atoms with E-state index in [1.54, 1.807) is 0 Å². The number of hydrogen-bond acceptors (Lipinski definition) is 2. The van der Waals surface area contributed by atoms with Gasteiger partial charge in [-0.2, -0.15) is 0 Å². The summed E-state index contributed by atoms with van der Waals surface area (Å²) in [5.74, 6) is -1.83. The minimum absolute atomic E-state index is 0. The molecule has 0 N–H and O–H groups in total. The maximum atomic E-state index is 10.2. The molecule has 0 spiro atoms. The maximum absolute atomic E-state index is 10.2. The van der Waals surface area contributed by atoms with Gasteiger partial charge in [0.1, 0.15) is 0 Å². The van der Waals surface area contributed by atoms with Gasteiger partial charge in [-0.05, 0) is 64.2 Å². The van der Waals surface area contributed by atoms with E-state index in [0.717, 1.165) is 51.4 Å². The number of carbonyl (C=O) groups excluding carboxylic acids is 2. The largest absolute Gasteiger partial charge is 0.355 e. The summed E-state index contributed by atoms with van der Waals surface area (Å²) in [6, 6.07) is 0. The second-order valence-corrected chi connectivity index (χ2v) is 13.1. The SMILES string of the molecule is CCCCCCCC/C=C/CCCCCCCC([O])=O.CCCCCCCC/C=C\CCCCCCCC([O])=O.[CH2]CCC.[CH2]CCC.[Sn]. The second kappa shape index (κ2) is 59.4. The van der Waals surface area contributed by atoms with Crippen LogP contribution in [-0.2, 0) is 19.8 Å². The van der Waals surface area contributed by atoms with E-state index in [4.69, 9.17) is 0 Å². The predicted octanol–water partition coefficient (Wildman–Crippen LogP) is 14.8. The molecule has 0 aromatic carbocycles. The van der Waals surface area contributed by atoms with Crippen molar-refractivity contribution in [2.24, 2.45) is 0 Å². The summed E-state index contributed by atoms with van der Waals surface area (Å²) in [6.07, 6.45) is 46.4. The van der Waals surface area contributed by atoms with Gasteiger partial charge in [-0.3, -0.25) is 0 Å². The van der Waals surface area contributed by atoms with E-state index in [2.05, 4.69) is 65.8 Å². The van der Waals surface area contributed by atoms with Crippen LogP contribution >= 0.6 is 0 Å². The van der Waals surface area contributed by atoms with Gasteiger partial charge in [0, 0.05) is 23.9 Å². The summed E-state index contributed by atoms with van der Waals surface area (Å²) in [5, 5.41) is 20.4. The van der Waals surface area contributed by atoms with Crippen molar-refractivity contribution in [2.75, 3.05) is 0 Å². The summed E-state index contributed by atoms with van der Waals surface area (Å²) in [6.45, 7) is 16.0. The average molecular weight is 796 g/mol. The summed E-state index contributed by atoms with van der Waals surface area (Å²) in [7, 11) is 0. The van der Waals surface area contributed by atoms with E-state index >= 15 is 0 Å². The van der Waals surface area contributed by atoms with Crippen molar-refractivity contribution in [2.45, 2.75) is 233 Å². The summed E-state index contributed by atoms with van der Waals surface area (Å²) >= 11 is 0. The second-order valence-electron chi connectivity index (χ2n) is 13.1. The fourth-order valence-electron chi connectivity index (χ4n) is 4.68. The van der Waals surface area contributed by atoms with Gasteiger partial charge in [0.2, 0.25) is 0 Å². The number of allylic oxidation sites excluding steroid dienone is 4. The van der Waals surface area contributed by atoms with Crippen LogP contribution in [0, 0.1) is 13.8 Å². The van der Waals surface area contributed by atoms with Crippen LogP contribution < -0.4 is 0 Å². The molecule has 0 aromatic rings. The number of carbonyl (C=O) groups is 2. The Bertz CT molecular complexity index is 574. The van der Waals surface area contributed by atoms with Gasteiger partial charge in [-0.25, -0.2) is 19.8 Å². The van der Waals surface area contributed by atoms with Gasteiger partial charge in [-0.1, -0.05) is 194 Å². The molecule has 0 rings (SSSR count). The normalized spacial score (nSPS) is 10.4. The fraction of sp³-hybridized carbons (Fsp3) is 0.818. The molecule has 0 aromatic heterocycles. The molecule has 0 aliphatic rings. The van der Waals surface area contributed by atoms with E-state index < -0.39 is 11.9 Å². The Kier molecular flexibility index (Phi) is 69.7. The molecule has 49 heavy (non-hydrogen) atoms. The molecule has 0 heterocycles. The Morgan fingerprint density at radius 3 is 0.776 bits per heavy atom. The fourth-order valence-corrected chi connectivity index (χ4v) is 4.68. The minimum Gasteiger partial charge on any atom is -0.247 e. The Labute approximate surface area is 325 Å². The molecule has 0 saturated heterocycles. The Morgan fingerprint density at radius 2 is 0.571 bits per heavy atom. The van der Waals surface area contributed by atoms with Crippen molar-refractivity contribution < 1.29 is 19.8 Å². The van der Waals surface area contributed by atoms with Crippen LogP contribution in [0.25, 0.3) is 0 Å². The standard InChI is InChI=1S/2C18H33O2.2C4H9.Sn/c2*1-2-3-4-5-6-7-8-9-10-11-12-13-14-15-16-17-18(19)20;2*1-3-4-2;/h2*9-10H,2-8,11-17H2,1H3;2*1,3-4H2,2H3;/b10-9+;10-9-;;;. The van der Waals surface area contributed by atoms with E-state index in [0.29, 0.717) is 0 Å². The molecule has 0 atom stereocenters. The van der Waals surface area contributed by atoms with Crippen molar-refractivity contribution in [3.8, 4) is 0 Å². The molecule has 0 unspecified atom stereocenters. The van der Waals surface area contributed by atoms with Crippen molar-refractivity contribution in [3.05, 3.63) is 38.2 Å². The summed E-state index contributed by atoms with van der Waals surface area (Å²) in [4.78, 5) is 20.4. The van der Waals surface area contributed by atoms with Crippen LogP contribution in [0.5, 0.6) is 0 Å². The molecule has 0 fully saturated rings. The van der Waals surface area contributed by atoms with Crippen LogP contribution in [-0.4, -0.2) is 35.8 Å². The number of rotatable bonds is 32.